The Morgan fingerprint density at radius 2 is 1.76 bits per heavy atom. The van der Waals surface area contributed by atoms with Gasteiger partial charge < -0.3 is 15.1 Å². The van der Waals surface area contributed by atoms with Gasteiger partial charge in [0.2, 0.25) is 23.6 Å². The number of likely N-dealkylation sites (tertiary alicyclic amines) is 1. The molecule has 7 heteroatoms. The summed E-state index contributed by atoms with van der Waals surface area (Å²) in [6.07, 6.45) is 10.8. The standard InChI is InChI=1S/C18H28N4O3/c19-18(24)14-7-4-12-22(14)17(23)11-10-16-21-20-15(25-16)9-8-13-5-2-1-3-6-13/h13-14H,1-12H2,(H2,19,24)/t14-/m0/s1. The zero-order valence-electron chi connectivity index (χ0n) is 14.8. The van der Waals surface area contributed by atoms with Crippen LogP contribution in [0.3, 0.4) is 0 Å². The average molecular weight is 348 g/mol. The van der Waals surface area contributed by atoms with Crippen LogP contribution in [0, 0.1) is 5.92 Å². The average Bonchev–Trinajstić information content (AvgIpc) is 3.28. The van der Waals surface area contributed by atoms with Crippen LogP contribution in [0.1, 0.15) is 69.6 Å². The topological polar surface area (TPSA) is 102 Å². The number of nitrogens with zero attached hydrogens (tertiary/aromatic N) is 3. The van der Waals surface area contributed by atoms with Gasteiger partial charge in [-0.05, 0) is 25.2 Å². The number of carbonyl (C=O) groups is 2. The molecule has 25 heavy (non-hydrogen) atoms. The van der Waals surface area contributed by atoms with E-state index in [1.807, 2.05) is 0 Å². The molecule has 1 aliphatic heterocycles. The first-order chi connectivity index (χ1) is 12.1. The minimum Gasteiger partial charge on any atom is -0.425 e. The smallest absolute Gasteiger partial charge is 0.240 e. The predicted molar refractivity (Wildman–Crippen MR) is 91.4 cm³/mol. The first kappa shape index (κ1) is 17.9. The molecule has 1 saturated heterocycles. The first-order valence-electron chi connectivity index (χ1n) is 9.53. The lowest BCUT2D eigenvalue weighted by Crippen LogP contribution is -2.43. The van der Waals surface area contributed by atoms with Gasteiger partial charge in [0, 0.05) is 25.8 Å². The summed E-state index contributed by atoms with van der Waals surface area (Å²) in [4.78, 5) is 25.3. The van der Waals surface area contributed by atoms with Gasteiger partial charge in [-0.15, -0.1) is 10.2 Å². The van der Waals surface area contributed by atoms with Crippen molar-refractivity contribution in [1.29, 1.82) is 0 Å². The van der Waals surface area contributed by atoms with Crippen LogP contribution >= 0.6 is 0 Å². The summed E-state index contributed by atoms with van der Waals surface area (Å²) in [5.74, 6) is 1.47. The fourth-order valence-corrected chi connectivity index (χ4v) is 4.01. The monoisotopic (exact) mass is 348 g/mol. The molecule has 1 aromatic heterocycles. The van der Waals surface area contributed by atoms with Gasteiger partial charge in [-0.3, -0.25) is 9.59 Å². The molecule has 138 valence electrons. The van der Waals surface area contributed by atoms with Crippen molar-refractivity contribution >= 4 is 11.8 Å². The van der Waals surface area contributed by atoms with Crippen LogP contribution in [0.2, 0.25) is 0 Å². The Morgan fingerprint density at radius 1 is 1.04 bits per heavy atom. The fraction of sp³-hybridized carbons (Fsp3) is 0.778. The number of nitrogens with two attached hydrogens (primary N) is 1. The third-order valence-electron chi connectivity index (χ3n) is 5.45. The third-order valence-corrected chi connectivity index (χ3v) is 5.45. The van der Waals surface area contributed by atoms with E-state index in [1.54, 1.807) is 4.90 Å². The Morgan fingerprint density at radius 3 is 2.48 bits per heavy atom. The van der Waals surface area contributed by atoms with Crippen LogP contribution in [0.5, 0.6) is 0 Å². The molecule has 1 aliphatic carbocycles. The van der Waals surface area contributed by atoms with Gasteiger partial charge in [0.1, 0.15) is 6.04 Å². The Hall–Kier alpha value is -1.92. The number of aromatic nitrogens is 2. The molecule has 2 aliphatic rings. The highest BCUT2D eigenvalue weighted by atomic mass is 16.4. The van der Waals surface area contributed by atoms with E-state index >= 15 is 0 Å². The van der Waals surface area contributed by atoms with Crippen molar-refractivity contribution in [3.63, 3.8) is 0 Å². The lowest BCUT2D eigenvalue weighted by molar-refractivity contribution is -0.137. The maximum atomic E-state index is 12.3. The summed E-state index contributed by atoms with van der Waals surface area (Å²) < 4.78 is 5.68. The van der Waals surface area contributed by atoms with Crippen molar-refractivity contribution in [3.8, 4) is 0 Å². The van der Waals surface area contributed by atoms with Gasteiger partial charge in [0.15, 0.2) is 0 Å². The first-order valence-corrected chi connectivity index (χ1v) is 9.53. The number of primary amides is 1. The second-order valence-corrected chi connectivity index (χ2v) is 7.28. The zero-order chi connectivity index (χ0) is 17.6. The molecule has 1 aromatic rings. The van der Waals surface area contributed by atoms with Gasteiger partial charge in [-0.1, -0.05) is 32.1 Å². The van der Waals surface area contributed by atoms with E-state index in [-0.39, 0.29) is 12.3 Å². The lowest BCUT2D eigenvalue weighted by Gasteiger charge is -2.21. The largest absolute Gasteiger partial charge is 0.425 e. The highest BCUT2D eigenvalue weighted by Crippen LogP contribution is 2.27. The van der Waals surface area contributed by atoms with Crippen molar-refractivity contribution in [2.45, 2.75) is 76.7 Å². The molecule has 2 amide bonds. The van der Waals surface area contributed by atoms with Crippen molar-refractivity contribution in [3.05, 3.63) is 11.8 Å². The number of rotatable bonds is 7. The van der Waals surface area contributed by atoms with E-state index < -0.39 is 11.9 Å². The molecule has 2 heterocycles. The van der Waals surface area contributed by atoms with Crippen LogP contribution < -0.4 is 5.73 Å². The number of aryl methyl sites for hydroxylation is 2. The summed E-state index contributed by atoms with van der Waals surface area (Å²) in [6.45, 7) is 0.600. The highest BCUT2D eigenvalue weighted by Gasteiger charge is 2.32. The van der Waals surface area contributed by atoms with Crippen molar-refractivity contribution in [2.75, 3.05) is 6.54 Å². The minimum atomic E-state index is -0.457. The number of hydrogen-bond acceptors (Lipinski definition) is 5. The molecule has 0 radical (unpaired) electrons. The molecule has 0 spiro atoms. The van der Waals surface area contributed by atoms with Gasteiger partial charge in [-0.2, -0.15) is 0 Å². The van der Waals surface area contributed by atoms with E-state index in [4.69, 9.17) is 10.2 Å². The molecule has 0 unspecified atom stereocenters. The summed E-state index contributed by atoms with van der Waals surface area (Å²) in [7, 11) is 0. The molecular formula is C18H28N4O3. The Kier molecular flexibility index (Phi) is 6.04. The van der Waals surface area contributed by atoms with Gasteiger partial charge in [-0.25, -0.2) is 0 Å². The van der Waals surface area contributed by atoms with Crippen LogP contribution in [0.15, 0.2) is 4.42 Å². The van der Waals surface area contributed by atoms with Crippen LogP contribution in [-0.2, 0) is 22.4 Å². The maximum absolute atomic E-state index is 12.3. The molecule has 0 bridgehead atoms. The second-order valence-electron chi connectivity index (χ2n) is 7.28. The Labute approximate surface area is 148 Å². The zero-order valence-corrected chi connectivity index (χ0v) is 14.8. The SMILES string of the molecule is NC(=O)[C@@H]1CCCN1C(=O)CCc1nnc(CCC2CCCCC2)o1. The van der Waals surface area contributed by atoms with Gasteiger partial charge in [0.05, 0.1) is 0 Å². The molecular weight excluding hydrogens is 320 g/mol. The predicted octanol–water partition coefficient (Wildman–Crippen LogP) is 1.99. The summed E-state index contributed by atoms with van der Waals surface area (Å²) >= 11 is 0. The van der Waals surface area contributed by atoms with Crippen molar-refractivity contribution in [2.24, 2.45) is 11.7 Å². The van der Waals surface area contributed by atoms with Crippen molar-refractivity contribution < 1.29 is 14.0 Å². The van der Waals surface area contributed by atoms with Gasteiger partial charge >= 0.3 is 0 Å². The number of carbonyl (C=O) groups excluding carboxylic acids is 2. The molecule has 3 rings (SSSR count). The normalized spacial score (nSPS) is 21.6. The Balaban J connectivity index is 1.43. The Bertz CT molecular complexity index is 595. The van der Waals surface area contributed by atoms with Crippen molar-refractivity contribution in [1.82, 2.24) is 15.1 Å². The molecule has 1 atom stereocenters. The molecule has 2 fully saturated rings. The van der Waals surface area contributed by atoms with Crippen LogP contribution in [0.4, 0.5) is 0 Å². The number of hydrogen-bond donors (Lipinski definition) is 1. The molecule has 2 N–H and O–H groups in total. The maximum Gasteiger partial charge on any atom is 0.240 e. The fourth-order valence-electron chi connectivity index (χ4n) is 4.01. The highest BCUT2D eigenvalue weighted by molar-refractivity contribution is 5.87. The van der Waals surface area contributed by atoms with E-state index in [2.05, 4.69) is 10.2 Å². The molecule has 7 nitrogen and oxygen atoms in total. The van der Waals surface area contributed by atoms with Crippen LogP contribution in [0.25, 0.3) is 0 Å². The van der Waals surface area contributed by atoms with E-state index in [0.29, 0.717) is 31.2 Å². The van der Waals surface area contributed by atoms with E-state index in [1.165, 1.54) is 32.1 Å². The summed E-state index contributed by atoms with van der Waals surface area (Å²) in [5, 5.41) is 8.16. The molecule has 1 saturated carbocycles. The third kappa shape index (κ3) is 4.80. The molecule has 0 aromatic carbocycles. The summed E-state index contributed by atoms with van der Waals surface area (Å²) in [6, 6.07) is -0.457. The van der Waals surface area contributed by atoms with E-state index in [9.17, 15) is 9.59 Å². The van der Waals surface area contributed by atoms with E-state index in [0.717, 1.165) is 25.2 Å². The number of amides is 2. The van der Waals surface area contributed by atoms with Gasteiger partial charge in [0.25, 0.3) is 0 Å². The second kappa shape index (κ2) is 8.45. The summed E-state index contributed by atoms with van der Waals surface area (Å²) in [5.41, 5.74) is 5.36. The lowest BCUT2D eigenvalue weighted by atomic mass is 9.86. The quantitative estimate of drug-likeness (QED) is 0.812. The minimum absolute atomic E-state index is 0.0664. The van der Waals surface area contributed by atoms with Crippen LogP contribution in [-0.4, -0.2) is 39.5 Å².